The van der Waals surface area contributed by atoms with Crippen LogP contribution in [-0.4, -0.2) is 59.7 Å². The van der Waals surface area contributed by atoms with E-state index in [1.54, 1.807) is 14.0 Å². The van der Waals surface area contributed by atoms with E-state index >= 15 is 0 Å². The Morgan fingerprint density at radius 1 is 1.20 bits per heavy atom. The van der Waals surface area contributed by atoms with Crippen molar-refractivity contribution in [2.24, 2.45) is 0 Å². The number of nitrogens with zero attached hydrogens (tertiary/aromatic N) is 2. The van der Waals surface area contributed by atoms with Crippen molar-refractivity contribution in [1.82, 2.24) is 9.80 Å². The largest absolute Gasteiger partial charge is 0.497 e. The smallest absolute Gasteiger partial charge is 0.220 e. The first-order valence-corrected chi connectivity index (χ1v) is 9.37. The summed E-state index contributed by atoms with van der Waals surface area (Å²) in [5, 5.41) is 10.9. The highest BCUT2D eigenvalue weighted by molar-refractivity contribution is 5.74. The standard InChI is InChI=1S/C20H30N2O3/c1-16(23)22-13-12-21(15-20(24)10-4-3-5-11-20)14-19(22)17-6-8-18(25-2)9-7-17/h6-9,19,24H,3-5,10-15H2,1-2H3/t19-/m1/s1. The van der Waals surface area contributed by atoms with Crippen LogP contribution in [0, 0.1) is 0 Å². The Kier molecular flexibility index (Phi) is 5.64. The van der Waals surface area contributed by atoms with Crippen LogP contribution in [0.1, 0.15) is 50.6 Å². The number of rotatable bonds is 4. The van der Waals surface area contributed by atoms with Crippen molar-refractivity contribution in [3.05, 3.63) is 29.8 Å². The molecular weight excluding hydrogens is 316 g/mol. The van der Waals surface area contributed by atoms with Crippen LogP contribution >= 0.6 is 0 Å². The fraction of sp³-hybridized carbons (Fsp3) is 0.650. The van der Waals surface area contributed by atoms with Crippen molar-refractivity contribution < 1.29 is 14.6 Å². The monoisotopic (exact) mass is 346 g/mol. The fourth-order valence-corrected chi connectivity index (χ4v) is 4.26. The second-order valence-electron chi connectivity index (χ2n) is 7.52. The third-order valence-electron chi connectivity index (χ3n) is 5.67. The molecule has 5 heteroatoms. The van der Waals surface area contributed by atoms with Gasteiger partial charge in [-0.3, -0.25) is 9.69 Å². The SMILES string of the molecule is COc1ccc([C@H]2CN(CC3(O)CCCCC3)CCN2C(C)=O)cc1. The summed E-state index contributed by atoms with van der Waals surface area (Å²) in [6.45, 7) is 4.66. The first-order valence-electron chi connectivity index (χ1n) is 9.37. The Labute approximate surface area is 150 Å². The molecule has 1 aromatic rings. The van der Waals surface area contributed by atoms with Gasteiger partial charge in [0.1, 0.15) is 5.75 Å². The fourth-order valence-electron chi connectivity index (χ4n) is 4.26. The van der Waals surface area contributed by atoms with E-state index in [2.05, 4.69) is 4.90 Å². The number of hydrogen-bond acceptors (Lipinski definition) is 4. The lowest BCUT2D eigenvalue weighted by atomic mass is 9.84. The number of β-amino-alcohol motifs (C(OH)–C–C–N with tert-alkyl or cyclic N) is 1. The molecule has 5 nitrogen and oxygen atoms in total. The molecule has 138 valence electrons. The van der Waals surface area contributed by atoms with Gasteiger partial charge < -0.3 is 14.7 Å². The van der Waals surface area contributed by atoms with Crippen LogP contribution in [0.25, 0.3) is 0 Å². The van der Waals surface area contributed by atoms with Gasteiger partial charge in [-0.1, -0.05) is 31.4 Å². The minimum absolute atomic E-state index is 0.0318. The van der Waals surface area contributed by atoms with Crippen molar-refractivity contribution in [2.45, 2.75) is 50.7 Å². The Hall–Kier alpha value is -1.59. The van der Waals surface area contributed by atoms with Crippen LogP contribution in [0.3, 0.4) is 0 Å². The quantitative estimate of drug-likeness (QED) is 0.910. The van der Waals surface area contributed by atoms with Gasteiger partial charge >= 0.3 is 0 Å². The van der Waals surface area contributed by atoms with Gasteiger partial charge in [-0.25, -0.2) is 0 Å². The van der Waals surface area contributed by atoms with Crippen LogP contribution in [0.5, 0.6) is 5.75 Å². The molecule has 1 aliphatic carbocycles. The molecule has 0 spiro atoms. The summed E-state index contributed by atoms with van der Waals surface area (Å²) in [5.41, 5.74) is 0.567. The molecular formula is C20H30N2O3. The van der Waals surface area contributed by atoms with E-state index in [9.17, 15) is 9.90 Å². The van der Waals surface area contributed by atoms with Crippen LogP contribution in [-0.2, 0) is 4.79 Å². The molecule has 1 aromatic carbocycles. The number of carbonyl (C=O) groups excluding carboxylic acids is 1. The molecule has 1 N–H and O–H groups in total. The zero-order chi connectivity index (χ0) is 17.9. The maximum atomic E-state index is 12.1. The summed E-state index contributed by atoms with van der Waals surface area (Å²) < 4.78 is 5.24. The highest BCUT2D eigenvalue weighted by Gasteiger charge is 2.36. The third kappa shape index (κ3) is 4.33. The zero-order valence-corrected chi connectivity index (χ0v) is 15.4. The summed E-state index contributed by atoms with van der Waals surface area (Å²) in [5.74, 6) is 0.930. The van der Waals surface area contributed by atoms with Crippen LogP contribution in [0.2, 0.25) is 0 Å². The van der Waals surface area contributed by atoms with Gasteiger partial charge in [-0.15, -0.1) is 0 Å². The Morgan fingerprint density at radius 3 is 2.48 bits per heavy atom. The highest BCUT2D eigenvalue weighted by Crippen LogP contribution is 2.32. The van der Waals surface area contributed by atoms with Gasteiger partial charge in [-0.05, 0) is 30.5 Å². The topological polar surface area (TPSA) is 53.0 Å². The van der Waals surface area contributed by atoms with Gasteiger partial charge in [0, 0.05) is 33.1 Å². The molecule has 1 saturated carbocycles. The molecule has 0 radical (unpaired) electrons. The summed E-state index contributed by atoms with van der Waals surface area (Å²) in [4.78, 5) is 16.4. The number of hydrogen-bond donors (Lipinski definition) is 1. The molecule has 1 heterocycles. The van der Waals surface area contributed by atoms with E-state index in [4.69, 9.17) is 4.74 Å². The van der Waals surface area contributed by atoms with Gasteiger partial charge in [0.2, 0.25) is 5.91 Å². The Balaban J connectivity index is 1.73. The average molecular weight is 346 g/mol. The van der Waals surface area contributed by atoms with E-state index in [0.717, 1.165) is 50.1 Å². The lowest BCUT2D eigenvalue weighted by molar-refractivity contribution is -0.135. The van der Waals surface area contributed by atoms with E-state index < -0.39 is 5.60 Å². The number of piperazine rings is 1. The van der Waals surface area contributed by atoms with Gasteiger partial charge in [-0.2, -0.15) is 0 Å². The van der Waals surface area contributed by atoms with Crippen LogP contribution < -0.4 is 4.74 Å². The molecule has 0 bridgehead atoms. The van der Waals surface area contributed by atoms with Crippen molar-refractivity contribution >= 4 is 5.91 Å². The van der Waals surface area contributed by atoms with E-state index in [1.807, 2.05) is 29.2 Å². The summed E-state index contributed by atoms with van der Waals surface area (Å²) in [6, 6.07) is 8.00. The molecule has 3 rings (SSSR count). The third-order valence-corrected chi connectivity index (χ3v) is 5.67. The molecule has 25 heavy (non-hydrogen) atoms. The van der Waals surface area contributed by atoms with Gasteiger partial charge in [0.15, 0.2) is 0 Å². The Bertz CT molecular complexity index is 581. The number of methoxy groups -OCH3 is 1. The molecule has 2 aliphatic rings. The number of ether oxygens (including phenoxy) is 1. The normalized spacial score (nSPS) is 24.1. The van der Waals surface area contributed by atoms with E-state index in [0.29, 0.717) is 13.1 Å². The Morgan fingerprint density at radius 2 is 1.88 bits per heavy atom. The minimum atomic E-state index is -0.554. The minimum Gasteiger partial charge on any atom is -0.497 e. The van der Waals surface area contributed by atoms with Gasteiger partial charge in [0.25, 0.3) is 0 Å². The molecule has 1 aliphatic heterocycles. The number of carbonyl (C=O) groups is 1. The van der Waals surface area contributed by atoms with Gasteiger partial charge in [0.05, 0.1) is 18.8 Å². The molecule has 2 fully saturated rings. The van der Waals surface area contributed by atoms with Crippen molar-refractivity contribution in [2.75, 3.05) is 33.3 Å². The second-order valence-corrected chi connectivity index (χ2v) is 7.52. The number of benzene rings is 1. The highest BCUT2D eigenvalue weighted by atomic mass is 16.5. The molecule has 0 aromatic heterocycles. The van der Waals surface area contributed by atoms with E-state index in [1.165, 1.54) is 6.42 Å². The van der Waals surface area contributed by atoms with E-state index in [-0.39, 0.29) is 11.9 Å². The van der Waals surface area contributed by atoms with Crippen molar-refractivity contribution in [3.8, 4) is 5.75 Å². The van der Waals surface area contributed by atoms with Crippen molar-refractivity contribution in [1.29, 1.82) is 0 Å². The molecule has 1 amide bonds. The first kappa shape index (κ1) is 18.2. The zero-order valence-electron chi connectivity index (χ0n) is 15.4. The maximum absolute atomic E-state index is 12.1. The summed E-state index contributed by atoms with van der Waals surface area (Å²) in [7, 11) is 1.66. The second kappa shape index (κ2) is 7.75. The van der Waals surface area contributed by atoms with Crippen LogP contribution in [0.4, 0.5) is 0 Å². The van der Waals surface area contributed by atoms with Crippen molar-refractivity contribution in [3.63, 3.8) is 0 Å². The molecule has 1 saturated heterocycles. The lowest BCUT2D eigenvalue weighted by Crippen LogP contribution is -2.54. The average Bonchev–Trinajstić information content (AvgIpc) is 2.62. The maximum Gasteiger partial charge on any atom is 0.220 e. The summed E-state index contributed by atoms with van der Waals surface area (Å²) in [6.07, 6.45) is 5.26. The number of amides is 1. The van der Waals surface area contributed by atoms with Crippen LogP contribution in [0.15, 0.2) is 24.3 Å². The number of aliphatic hydroxyl groups is 1. The molecule has 0 unspecified atom stereocenters. The summed E-state index contributed by atoms with van der Waals surface area (Å²) >= 11 is 0. The predicted octanol–water partition coefficient (Wildman–Crippen LogP) is 2.60. The first-order chi connectivity index (χ1) is 12.0. The predicted molar refractivity (Wildman–Crippen MR) is 97.6 cm³/mol. The lowest BCUT2D eigenvalue weighted by Gasteiger charge is -2.44. The molecule has 1 atom stereocenters.